The SMILES string of the molecule is CCCCCCCCCCCCCCCCCC(=O)OC1[C@@H](COC(=O)CN(C)C)O[C@@H](OC(=O)CCCCCCCCCCCCCCCCC)[C@H]1OC(=O)CCCCCCCCCCCCCCCCC. The Bertz CT molecular complexity index is 1260. The third-order valence-electron chi connectivity index (χ3n) is 14.9. The van der Waals surface area contributed by atoms with E-state index in [4.69, 9.17) is 23.7 Å². The second kappa shape index (κ2) is 51.9. The summed E-state index contributed by atoms with van der Waals surface area (Å²) >= 11 is 0. The van der Waals surface area contributed by atoms with Gasteiger partial charge in [0.15, 0.2) is 6.10 Å². The predicted octanol–water partition coefficient (Wildman–Crippen LogP) is 18.0. The van der Waals surface area contributed by atoms with E-state index in [1.54, 1.807) is 19.0 Å². The number of esters is 4. The van der Waals surface area contributed by atoms with Gasteiger partial charge in [-0.25, -0.2) is 0 Å². The molecule has 4 atom stereocenters. The smallest absolute Gasteiger partial charge is 0.320 e. The summed E-state index contributed by atoms with van der Waals surface area (Å²) in [6, 6.07) is 0. The van der Waals surface area contributed by atoms with Crippen LogP contribution < -0.4 is 0 Å². The highest BCUT2D eigenvalue weighted by Crippen LogP contribution is 2.30. The normalized spacial score (nSPS) is 16.6. The molecule has 0 radical (unpaired) electrons. The number of ether oxygens (including phenoxy) is 5. The first-order valence-electron chi connectivity index (χ1n) is 31.8. The first-order valence-corrected chi connectivity index (χ1v) is 31.8. The Balaban J connectivity index is 2.72. The fraction of sp³-hybridized carbons (Fsp3) is 0.937. The molecule has 0 bridgehead atoms. The maximum atomic E-state index is 13.5. The van der Waals surface area contributed by atoms with Crippen LogP contribution in [-0.4, -0.2) is 80.6 Å². The highest BCUT2D eigenvalue weighted by molar-refractivity contribution is 5.72. The zero-order valence-electron chi connectivity index (χ0n) is 48.8. The molecule has 0 spiro atoms. The van der Waals surface area contributed by atoms with Gasteiger partial charge < -0.3 is 23.7 Å². The highest BCUT2D eigenvalue weighted by Gasteiger charge is 2.52. The molecular weight excluding hydrogens is 915 g/mol. The van der Waals surface area contributed by atoms with Crippen molar-refractivity contribution in [1.29, 1.82) is 0 Å². The lowest BCUT2D eigenvalue weighted by molar-refractivity contribution is -0.200. The van der Waals surface area contributed by atoms with Crippen LogP contribution in [0.25, 0.3) is 0 Å². The quantitative estimate of drug-likeness (QED) is 0.0331. The molecule has 73 heavy (non-hydrogen) atoms. The Morgan fingerprint density at radius 1 is 0.329 bits per heavy atom. The molecule has 0 saturated carbocycles. The number of likely N-dealkylation sites (N-methyl/N-ethyl adjacent to an activating group) is 1. The fourth-order valence-electron chi connectivity index (χ4n) is 10.2. The van der Waals surface area contributed by atoms with E-state index in [2.05, 4.69) is 20.8 Å². The number of hydrogen-bond donors (Lipinski definition) is 0. The van der Waals surface area contributed by atoms with Crippen LogP contribution in [0.1, 0.15) is 329 Å². The second-order valence-corrected chi connectivity index (χ2v) is 22.5. The molecular formula is C63H119NO9. The van der Waals surface area contributed by atoms with Crippen molar-refractivity contribution >= 4 is 23.9 Å². The first-order chi connectivity index (χ1) is 35.7. The molecule has 0 aromatic carbocycles. The average Bonchev–Trinajstić information content (AvgIpc) is 3.67. The minimum absolute atomic E-state index is 0.0612. The molecule has 0 amide bonds. The van der Waals surface area contributed by atoms with Crippen molar-refractivity contribution in [3.8, 4) is 0 Å². The van der Waals surface area contributed by atoms with E-state index in [-0.39, 0.29) is 32.4 Å². The molecule has 0 aromatic heterocycles. The monoisotopic (exact) mass is 1030 g/mol. The van der Waals surface area contributed by atoms with Crippen LogP contribution >= 0.6 is 0 Å². The van der Waals surface area contributed by atoms with Crippen molar-refractivity contribution in [3.05, 3.63) is 0 Å². The summed E-state index contributed by atoms with van der Waals surface area (Å²) in [6.07, 6.45) is 51.6. The lowest BCUT2D eigenvalue weighted by atomic mass is 10.0. The van der Waals surface area contributed by atoms with Gasteiger partial charge in [-0.15, -0.1) is 0 Å². The van der Waals surface area contributed by atoms with Crippen LogP contribution in [0.5, 0.6) is 0 Å². The van der Waals surface area contributed by atoms with Gasteiger partial charge in [0.1, 0.15) is 12.7 Å². The molecule has 1 aliphatic rings. The van der Waals surface area contributed by atoms with Gasteiger partial charge in [0.25, 0.3) is 0 Å². The van der Waals surface area contributed by atoms with Crippen LogP contribution in [0.2, 0.25) is 0 Å². The average molecular weight is 1030 g/mol. The molecule has 1 heterocycles. The van der Waals surface area contributed by atoms with Gasteiger partial charge in [-0.1, -0.05) is 290 Å². The zero-order chi connectivity index (χ0) is 53.1. The molecule has 1 rings (SSSR count). The lowest BCUT2D eigenvalue weighted by Crippen LogP contribution is -2.43. The second-order valence-electron chi connectivity index (χ2n) is 22.5. The van der Waals surface area contributed by atoms with Crippen LogP contribution in [0.15, 0.2) is 0 Å². The Labute approximate surface area is 450 Å². The zero-order valence-corrected chi connectivity index (χ0v) is 48.8. The Morgan fingerprint density at radius 2 is 0.575 bits per heavy atom. The minimum atomic E-state index is -1.28. The Kier molecular flexibility index (Phi) is 48.9. The number of carbonyl (C=O) groups is 4. The van der Waals surface area contributed by atoms with Crippen LogP contribution in [0.3, 0.4) is 0 Å². The molecule has 0 aromatic rings. The van der Waals surface area contributed by atoms with Crippen molar-refractivity contribution in [2.24, 2.45) is 0 Å². The third-order valence-corrected chi connectivity index (χ3v) is 14.9. The topological polar surface area (TPSA) is 118 Å². The molecule has 0 aliphatic carbocycles. The Morgan fingerprint density at radius 3 is 0.849 bits per heavy atom. The number of hydrogen-bond acceptors (Lipinski definition) is 10. The molecule has 1 saturated heterocycles. The molecule has 1 unspecified atom stereocenters. The van der Waals surface area contributed by atoms with E-state index < -0.39 is 48.5 Å². The van der Waals surface area contributed by atoms with E-state index in [9.17, 15) is 19.2 Å². The fourth-order valence-corrected chi connectivity index (χ4v) is 10.2. The number of nitrogens with zero attached hydrogens (tertiary/aromatic N) is 1. The molecule has 10 nitrogen and oxygen atoms in total. The van der Waals surface area contributed by atoms with E-state index in [1.807, 2.05) is 0 Å². The molecule has 0 N–H and O–H groups in total. The van der Waals surface area contributed by atoms with Gasteiger partial charge in [0, 0.05) is 19.3 Å². The van der Waals surface area contributed by atoms with E-state index in [0.717, 1.165) is 57.8 Å². The van der Waals surface area contributed by atoms with Gasteiger partial charge in [0.05, 0.1) is 6.54 Å². The summed E-state index contributed by atoms with van der Waals surface area (Å²) < 4.78 is 29.8. The van der Waals surface area contributed by atoms with Gasteiger partial charge in [-0.2, -0.15) is 0 Å². The number of rotatable bonds is 55. The maximum Gasteiger partial charge on any atom is 0.320 e. The summed E-state index contributed by atoms with van der Waals surface area (Å²) in [4.78, 5) is 54.7. The van der Waals surface area contributed by atoms with Crippen molar-refractivity contribution in [1.82, 2.24) is 4.90 Å². The predicted molar refractivity (Wildman–Crippen MR) is 303 cm³/mol. The van der Waals surface area contributed by atoms with Gasteiger partial charge >= 0.3 is 23.9 Å². The summed E-state index contributed by atoms with van der Waals surface area (Å²) in [7, 11) is 3.55. The third kappa shape index (κ3) is 43.6. The minimum Gasteiger partial charge on any atom is -0.462 e. The van der Waals surface area contributed by atoms with Crippen LogP contribution in [0, 0.1) is 0 Å². The largest absolute Gasteiger partial charge is 0.462 e. The molecule has 430 valence electrons. The van der Waals surface area contributed by atoms with Gasteiger partial charge in [-0.05, 0) is 33.4 Å². The number of carbonyl (C=O) groups excluding carboxylic acids is 4. The van der Waals surface area contributed by atoms with Crippen molar-refractivity contribution in [3.63, 3.8) is 0 Å². The van der Waals surface area contributed by atoms with E-state index in [0.29, 0.717) is 19.3 Å². The van der Waals surface area contributed by atoms with Crippen molar-refractivity contribution in [2.45, 2.75) is 354 Å². The van der Waals surface area contributed by atoms with E-state index >= 15 is 0 Å². The highest BCUT2D eigenvalue weighted by atomic mass is 16.8. The summed E-state index contributed by atoms with van der Waals surface area (Å²) in [5.74, 6) is -1.79. The molecule has 1 fully saturated rings. The van der Waals surface area contributed by atoms with Crippen molar-refractivity contribution in [2.75, 3.05) is 27.2 Å². The summed E-state index contributed by atoms with van der Waals surface area (Å²) in [5.41, 5.74) is 0. The maximum absolute atomic E-state index is 13.5. The molecule has 1 aliphatic heterocycles. The molecule has 10 heteroatoms. The summed E-state index contributed by atoms with van der Waals surface area (Å²) in [6.45, 7) is 6.63. The van der Waals surface area contributed by atoms with Crippen LogP contribution in [0.4, 0.5) is 0 Å². The lowest BCUT2D eigenvalue weighted by Gasteiger charge is -2.24. The van der Waals surface area contributed by atoms with Gasteiger partial charge in [0.2, 0.25) is 12.4 Å². The standard InChI is InChI=1S/C63H119NO9/c1-6-9-12-15-18-21-24-27-30-33-36-39-42-45-48-51-57(65)71-61-56(55-69-60(68)54-64(4)5)70-63(73-59(67)53-50-47-44-41-38-35-32-29-26-23-20-17-14-11-8-3)62(61)72-58(66)52-49-46-43-40-37-34-31-28-25-22-19-16-13-10-7-2/h56,61-63H,6-55H2,1-5H3/t56-,61?,62+,63+/m1/s1. The Hall–Kier alpha value is -2.20. The van der Waals surface area contributed by atoms with Crippen LogP contribution in [-0.2, 0) is 42.9 Å². The summed E-state index contributed by atoms with van der Waals surface area (Å²) in [5, 5.41) is 0. The van der Waals surface area contributed by atoms with Crippen molar-refractivity contribution < 1.29 is 42.9 Å². The van der Waals surface area contributed by atoms with Gasteiger partial charge in [-0.3, -0.25) is 24.1 Å². The van der Waals surface area contributed by atoms with E-state index in [1.165, 1.54) is 212 Å². The number of unbranched alkanes of at least 4 members (excludes halogenated alkanes) is 42. The first kappa shape index (κ1) is 68.8.